The molecule has 0 amide bonds. The van der Waals surface area contributed by atoms with E-state index in [9.17, 15) is 8.78 Å². The Labute approximate surface area is 157 Å². The molecule has 2 aliphatic rings. The Bertz CT molecular complexity index is 464. The Balaban J connectivity index is 1.75. The summed E-state index contributed by atoms with van der Waals surface area (Å²) >= 11 is 0. The Kier molecular flexibility index (Phi) is 8.17. The summed E-state index contributed by atoms with van der Waals surface area (Å²) in [6, 6.07) is 0. The molecular weight excluding hydrogens is 334 g/mol. The summed E-state index contributed by atoms with van der Waals surface area (Å²) in [6.45, 7) is 12.3. The molecule has 0 aromatic carbocycles. The zero-order chi connectivity index (χ0) is 19.1. The standard InChI is InChI=1S/C22H34F2O2/c1-15-5-9-19(10-6-15)13-25-17(3)21(23)22(24)18(4)26-14-20-11-7-16(2)8-12-20/h15-16,19-20H,3-14H2,1-2H3/b22-21-. The van der Waals surface area contributed by atoms with E-state index >= 15 is 0 Å². The van der Waals surface area contributed by atoms with Crippen LogP contribution < -0.4 is 0 Å². The molecule has 0 heterocycles. The minimum atomic E-state index is -1.10. The molecule has 2 aliphatic carbocycles. The van der Waals surface area contributed by atoms with Crippen molar-refractivity contribution in [1.29, 1.82) is 0 Å². The zero-order valence-corrected chi connectivity index (χ0v) is 16.4. The quantitative estimate of drug-likeness (QED) is 0.344. The molecular formula is C22H34F2O2. The van der Waals surface area contributed by atoms with Crippen LogP contribution in [0.2, 0.25) is 0 Å². The van der Waals surface area contributed by atoms with Gasteiger partial charge in [0.15, 0.2) is 11.5 Å². The van der Waals surface area contributed by atoms with Gasteiger partial charge in [-0.2, -0.15) is 8.78 Å². The van der Waals surface area contributed by atoms with E-state index in [-0.39, 0.29) is 11.5 Å². The van der Waals surface area contributed by atoms with Gasteiger partial charge in [0.1, 0.15) is 0 Å². The Morgan fingerprint density at radius 1 is 0.692 bits per heavy atom. The molecule has 4 heteroatoms. The fraction of sp³-hybridized carbons (Fsp3) is 0.727. The zero-order valence-electron chi connectivity index (χ0n) is 16.4. The number of rotatable bonds is 8. The summed E-state index contributed by atoms with van der Waals surface area (Å²) in [4.78, 5) is 0. The number of halogens is 2. The molecule has 0 aliphatic heterocycles. The molecule has 0 atom stereocenters. The fourth-order valence-corrected chi connectivity index (χ4v) is 3.80. The minimum Gasteiger partial charge on any atom is -0.491 e. The van der Waals surface area contributed by atoms with Crippen molar-refractivity contribution in [3.8, 4) is 0 Å². The first-order valence-electron chi connectivity index (χ1n) is 10.1. The summed E-state index contributed by atoms with van der Waals surface area (Å²) < 4.78 is 39.2. The third kappa shape index (κ3) is 6.44. The van der Waals surface area contributed by atoms with Gasteiger partial charge in [-0.3, -0.25) is 0 Å². The number of hydrogen-bond donors (Lipinski definition) is 0. The summed E-state index contributed by atoms with van der Waals surface area (Å²) in [7, 11) is 0. The van der Waals surface area contributed by atoms with Gasteiger partial charge in [-0.05, 0) is 49.4 Å². The van der Waals surface area contributed by atoms with Crippen LogP contribution in [0.3, 0.4) is 0 Å². The Morgan fingerprint density at radius 3 is 1.31 bits per heavy atom. The lowest BCUT2D eigenvalue weighted by Gasteiger charge is -2.26. The third-order valence-corrected chi connectivity index (χ3v) is 5.94. The van der Waals surface area contributed by atoms with Gasteiger partial charge in [-0.25, -0.2) is 0 Å². The molecule has 0 radical (unpaired) electrons. The third-order valence-electron chi connectivity index (χ3n) is 5.94. The second kappa shape index (κ2) is 10.1. The van der Waals surface area contributed by atoms with Gasteiger partial charge in [0.25, 0.3) is 0 Å². The maximum absolute atomic E-state index is 14.2. The van der Waals surface area contributed by atoms with Crippen molar-refractivity contribution in [2.24, 2.45) is 23.7 Å². The van der Waals surface area contributed by atoms with Gasteiger partial charge >= 0.3 is 0 Å². The minimum absolute atomic E-state index is 0.266. The Hall–Kier alpha value is -1.32. The van der Waals surface area contributed by atoms with Crippen molar-refractivity contribution >= 4 is 0 Å². The van der Waals surface area contributed by atoms with Gasteiger partial charge in [-0.15, -0.1) is 0 Å². The normalized spacial score (nSPS) is 30.3. The lowest BCUT2D eigenvalue weighted by Crippen LogP contribution is -2.17. The van der Waals surface area contributed by atoms with E-state index in [0.717, 1.165) is 63.2 Å². The van der Waals surface area contributed by atoms with Crippen molar-refractivity contribution < 1.29 is 18.3 Å². The van der Waals surface area contributed by atoms with Gasteiger partial charge in [0.2, 0.25) is 11.7 Å². The van der Waals surface area contributed by atoms with Gasteiger partial charge in [0.05, 0.1) is 13.2 Å². The van der Waals surface area contributed by atoms with E-state index in [0.29, 0.717) is 25.0 Å². The predicted octanol–water partition coefficient (Wildman–Crippen LogP) is 6.85. The highest BCUT2D eigenvalue weighted by atomic mass is 19.2. The summed E-state index contributed by atoms with van der Waals surface area (Å²) in [5.41, 5.74) is 0. The molecule has 0 aromatic heterocycles. The smallest absolute Gasteiger partial charge is 0.203 e. The predicted molar refractivity (Wildman–Crippen MR) is 102 cm³/mol. The van der Waals surface area contributed by atoms with Gasteiger partial charge in [-0.1, -0.05) is 52.7 Å². The SMILES string of the molecule is C=C(OCC1CCC(C)CC1)/C(F)=C(/F)C(=C)OCC1CCC(C)CC1. The highest BCUT2D eigenvalue weighted by Gasteiger charge is 2.22. The van der Waals surface area contributed by atoms with Crippen LogP contribution in [0.5, 0.6) is 0 Å². The first-order chi connectivity index (χ1) is 12.4. The van der Waals surface area contributed by atoms with Crippen LogP contribution in [0.25, 0.3) is 0 Å². The molecule has 0 N–H and O–H groups in total. The molecule has 0 saturated heterocycles. The van der Waals surface area contributed by atoms with Crippen LogP contribution in [0.15, 0.2) is 36.3 Å². The highest BCUT2D eigenvalue weighted by Crippen LogP contribution is 2.31. The van der Waals surface area contributed by atoms with E-state index in [1.807, 2.05) is 0 Å². The second-order valence-electron chi connectivity index (χ2n) is 8.35. The van der Waals surface area contributed by atoms with E-state index < -0.39 is 11.7 Å². The van der Waals surface area contributed by atoms with Crippen LogP contribution in [-0.4, -0.2) is 13.2 Å². The van der Waals surface area contributed by atoms with Gasteiger partial charge in [0, 0.05) is 0 Å². The molecule has 26 heavy (non-hydrogen) atoms. The fourth-order valence-electron chi connectivity index (χ4n) is 3.80. The Morgan fingerprint density at radius 2 is 1.00 bits per heavy atom. The van der Waals surface area contributed by atoms with Gasteiger partial charge < -0.3 is 9.47 Å². The molecule has 2 fully saturated rings. The van der Waals surface area contributed by atoms with Crippen molar-refractivity contribution in [2.45, 2.75) is 65.2 Å². The average molecular weight is 369 g/mol. The summed E-state index contributed by atoms with van der Waals surface area (Å²) in [5, 5.41) is 0. The molecule has 0 bridgehead atoms. The number of allylic oxidation sites excluding steroid dienone is 2. The molecule has 0 unspecified atom stereocenters. The van der Waals surface area contributed by atoms with Crippen molar-refractivity contribution in [3.05, 3.63) is 36.3 Å². The average Bonchev–Trinajstić information content (AvgIpc) is 2.65. The van der Waals surface area contributed by atoms with Crippen LogP contribution in [0.4, 0.5) is 8.78 Å². The van der Waals surface area contributed by atoms with E-state index in [4.69, 9.17) is 9.47 Å². The van der Waals surface area contributed by atoms with E-state index in [1.54, 1.807) is 0 Å². The number of hydrogen-bond acceptors (Lipinski definition) is 2. The lowest BCUT2D eigenvalue weighted by atomic mass is 9.83. The number of ether oxygens (including phenoxy) is 2. The van der Waals surface area contributed by atoms with E-state index in [1.165, 1.54) is 0 Å². The van der Waals surface area contributed by atoms with Crippen molar-refractivity contribution in [2.75, 3.05) is 13.2 Å². The van der Waals surface area contributed by atoms with Crippen LogP contribution >= 0.6 is 0 Å². The first-order valence-corrected chi connectivity index (χ1v) is 10.1. The first kappa shape index (κ1) is 21.0. The second-order valence-corrected chi connectivity index (χ2v) is 8.35. The lowest BCUT2D eigenvalue weighted by molar-refractivity contribution is 0.122. The molecule has 0 spiro atoms. The summed E-state index contributed by atoms with van der Waals surface area (Å²) in [5.74, 6) is -0.450. The maximum atomic E-state index is 14.2. The summed E-state index contributed by atoms with van der Waals surface area (Å²) in [6.07, 6.45) is 8.93. The highest BCUT2D eigenvalue weighted by molar-refractivity contribution is 5.29. The molecule has 148 valence electrons. The molecule has 2 rings (SSSR count). The van der Waals surface area contributed by atoms with Crippen molar-refractivity contribution in [3.63, 3.8) is 0 Å². The van der Waals surface area contributed by atoms with E-state index in [2.05, 4.69) is 27.0 Å². The molecule has 2 saturated carbocycles. The maximum Gasteiger partial charge on any atom is 0.203 e. The largest absolute Gasteiger partial charge is 0.491 e. The van der Waals surface area contributed by atoms with Crippen LogP contribution in [0, 0.1) is 23.7 Å². The molecule has 0 aromatic rings. The van der Waals surface area contributed by atoms with Crippen LogP contribution in [0.1, 0.15) is 65.2 Å². The van der Waals surface area contributed by atoms with Crippen molar-refractivity contribution in [1.82, 2.24) is 0 Å². The van der Waals surface area contributed by atoms with Crippen LogP contribution in [-0.2, 0) is 9.47 Å². The molecule has 2 nitrogen and oxygen atoms in total. The monoisotopic (exact) mass is 368 g/mol. The topological polar surface area (TPSA) is 18.5 Å².